The van der Waals surface area contributed by atoms with E-state index in [4.69, 9.17) is 13.0 Å². The van der Waals surface area contributed by atoms with Crippen LogP contribution in [0.5, 0.6) is 0 Å². The van der Waals surface area contributed by atoms with E-state index in [1.807, 2.05) is 0 Å². The molecule has 0 aliphatic rings. The lowest BCUT2D eigenvalue weighted by atomic mass is 10.0. The minimum Gasteiger partial charge on any atom is -0.386 e. The van der Waals surface area contributed by atoms with Crippen molar-refractivity contribution in [2.75, 3.05) is 7.11 Å². The van der Waals surface area contributed by atoms with Gasteiger partial charge in [-0.3, -0.25) is 0 Å². The predicted molar refractivity (Wildman–Crippen MR) is 46.5 cm³/mol. The van der Waals surface area contributed by atoms with Gasteiger partial charge >= 0.3 is 0 Å². The van der Waals surface area contributed by atoms with Crippen LogP contribution in [0.1, 0.15) is 35.8 Å². The first-order valence-electron chi connectivity index (χ1n) is 6.25. The second-order valence-corrected chi connectivity index (χ2v) is 2.93. The highest BCUT2D eigenvalue weighted by Crippen LogP contribution is 2.12. The molecule has 0 unspecified atom stereocenters. The highest BCUT2D eigenvalue weighted by molar-refractivity contribution is 5.03. The molecule has 11 heavy (non-hydrogen) atoms. The Bertz CT molecular complexity index is 269. The Hall–Kier alpha value is -0.340. The van der Waals surface area contributed by atoms with Gasteiger partial charge in [0.2, 0.25) is 0 Å². The van der Waals surface area contributed by atoms with Crippen molar-refractivity contribution in [3.8, 4) is 0 Å². The summed E-state index contributed by atoms with van der Waals surface area (Å²) in [4.78, 5) is 0. The van der Waals surface area contributed by atoms with Crippen LogP contribution in [-0.4, -0.2) is 23.4 Å². The number of ether oxygens (including phenoxy) is 1. The van der Waals surface area contributed by atoms with Gasteiger partial charge in [-0.1, -0.05) is 12.2 Å². The van der Waals surface area contributed by atoms with Crippen LogP contribution >= 0.6 is 0 Å². The van der Waals surface area contributed by atoms with Gasteiger partial charge in [0.1, 0.15) is 0 Å². The third kappa shape index (κ3) is 6.07. The predicted octanol–water partition coefficient (Wildman–Crippen LogP) is 1.74. The fraction of sp³-hybridized carbons (Fsp3) is 0.778. The number of rotatable bonds is 3. The molecule has 1 N–H and O–H groups in total. The van der Waals surface area contributed by atoms with Gasteiger partial charge in [-0.15, -0.1) is 0 Å². The second-order valence-electron chi connectivity index (χ2n) is 2.93. The van der Waals surface area contributed by atoms with Crippen molar-refractivity contribution in [1.82, 2.24) is 0 Å². The first kappa shape index (κ1) is 4.06. The van der Waals surface area contributed by atoms with Crippen molar-refractivity contribution in [2.24, 2.45) is 0 Å². The molecule has 66 valence electrons. The van der Waals surface area contributed by atoms with E-state index >= 15 is 0 Å². The van der Waals surface area contributed by atoms with E-state index in [9.17, 15) is 5.11 Å². The van der Waals surface area contributed by atoms with Crippen molar-refractivity contribution in [3.63, 3.8) is 0 Å². The lowest BCUT2D eigenvalue weighted by Crippen LogP contribution is -2.22. The highest BCUT2D eigenvalue weighted by atomic mass is 16.5. The zero-order valence-corrected chi connectivity index (χ0v) is 7.01. The average molecular weight is 164 g/mol. The largest absolute Gasteiger partial charge is 0.386 e. The van der Waals surface area contributed by atoms with Gasteiger partial charge < -0.3 is 9.84 Å². The molecule has 0 aromatic heterocycles. The highest BCUT2D eigenvalue weighted by Gasteiger charge is 2.14. The minimum absolute atomic E-state index is 0.896. The number of hydrogen-bond acceptors (Lipinski definition) is 2. The van der Waals surface area contributed by atoms with E-state index in [1.165, 1.54) is 13.8 Å². The molecule has 0 aromatic carbocycles. The van der Waals surface area contributed by atoms with Gasteiger partial charge in [0.05, 0.1) is 11.2 Å². The van der Waals surface area contributed by atoms with Crippen LogP contribution in [0, 0.1) is 0 Å². The fourth-order valence-electron chi connectivity index (χ4n) is 0.389. The monoisotopic (exact) mass is 164 g/mol. The molecule has 0 amide bonds. The Morgan fingerprint density at radius 2 is 1.91 bits per heavy atom. The molecule has 0 fully saturated rings. The summed E-state index contributed by atoms with van der Waals surface area (Å²) in [5.41, 5.74) is -3.74. The van der Waals surface area contributed by atoms with Crippen LogP contribution in [-0.2, 0) is 4.74 Å². The van der Waals surface area contributed by atoms with E-state index in [0.29, 0.717) is 0 Å². The maximum absolute atomic E-state index is 9.50. The summed E-state index contributed by atoms with van der Waals surface area (Å²) in [5, 5.41) is 9.50. The van der Waals surface area contributed by atoms with Gasteiger partial charge in [-0.25, -0.2) is 0 Å². The van der Waals surface area contributed by atoms with Crippen LogP contribution in [0.15, 0.2) is 12.2 Å². The van der Waals surface area contributed by atoms with E-state index in [0.717, 1.165) is 19.3 Å². The summed E-state index contributed by atoms with van der Waals surface area (Å²) >= 11 is 0. The van der Waals surface area contributed by atoms with E-state index < -0.39 is 24.9 Å². The van der Waals surface area contributed by atoms with Crippen molar-refractivity contribution in [3.05, 3.63) is 12.2 Å². The van der Waals surface area contributed by atoms with Crippen LogP contribution in [0.4, 0.5) is 0 Å². The topological polar surface area (TPSA) is 29.5 Å². The summed E-state index contributed by atoms with van der Waals surface area (Å²) in [7, 11) is 1.02. The molecule has 0 aliphatic heterocycles. The van der Waals surface area contributed by atoms with Gasteiger partial charge in [-0.2, -0.15) is 0 Å². The van der Waals surface area contributed by atoms with E-state index in [-0.39, 0.29) is 0 Å². The molecule has 0 aromatic rings. The summed E-state index contributed by atoms with van der Waals surface area (Å²) in [6.07, 6.45) is 2.00. The molecule has 0 rings (SSSR count). The molecule has 0 atom stereocenters. The zero-order chi connectivity index (χ0) is 14.1. The molecule has 0 saturated carbocycles. The second kappa shape index (κ2) is 3.37. The molecule has 2 nitrogen and oxygen atoms in total. The summed E-state index contributed by atoms with van der Waals surface area (Å²) in [5.74, 6) is 0. The third-order valence-corrected chi connectivity index (χ3v) is 1.05. The van der Waals surface area contributed by atoms with Crippen LogP contribution in [0.3, 0.4) is 0 Å². The molecule has 0 spiro atoms. The lowest BCUT2D eigenvalue weighted by molar-refractivity contribution is 0.0618. The Morgan fingerprint density at radius 3 is 2.18 bits per heavy atom. The van der Waals surface area contributed by atoms with Gasteiger partial charge in [-0.05, 0) is 27.6 Å². The van der Waals surface area contributed by atoms with E-state index in [1.54, 1.807) is 0 Å². The number of methoxy groups -OCH3 is 1. The van der Waals surface area contributed by atoms with Crippen LogP contribution in [0.25, 0.3) is 0 Å². The molecular formula is C9H18O2. The molecule has 0 radical (unpaired) electrons. The molecule has 0 bridgehead atoms. The minimum atomic E-state index is -2.87. The fourth-order valence-corrected chi connectivity index (χ4v) is 0.389. The summed E-state index contributed by atoms with van der Waals surface area (Å²) in [6.45, 7) is -2.92. The van der Waals surface area contributed by atoms with Crippen molar-refractivity contribution >= 4 is 0 Å². The van der Waals surface area contributed by atoms with Gasteiger partial charge in [0, 0.05) is 15.3 Å². The first-order chi connectivity index (χ1) is 7.27. The smallest absolute Gasteiger partial charge is 0.0803 e. The third-order valence-electron chi connectivity index (χ3n) is 1.05. The van der Waals surface area contributed by atoms with Crippen molar-refractivity contribution in [1.29, 1.82) is 0 Å². The Labute approximate surface area is 77.3 Å². The lowest BCUT2D eigenvalue weighted by Gasteiger charge is -2.20. The van der Waals surface area contributed by atoms with Gasteiger partial charge in [0.25, 0.3) is 0 Å². The zero-order valence-electron chi connectivity index (χ0n) is 13.0. The molecule has 0 saturated heterocycles. The standard InChI is InChI=1S/C9H18O2/c1-8(2,10)6-7-9(3,4)11-5/h6-7,10H,1-5H3/b7-6+/i3D3,4D3. The SMILES string of the molecule is [2H]C([2H])([2H])C(/C=C/C(C)(C)O)(OC)C([2H])([2H])[2H]. The van der Waals surface area contributed by atoms with Crippen molar-refractivity contribution < 1.29 is 18.1 Å². The van der Waals surface area contributed by atoms with Crippen molar-refractivity contribution in [2.45, 2.75) is 38.8 Å². The molecule has 2 heteroatoms. The number of aliphatic hydroxyl groups is 1. The van der Waals surface area contributed by atoms with Crippen LogP contribution < -0.4 is 0 Å². The summed E-state index contributed by atoms with van der Waals surface area (Å²) < 4.78 is 48.6. The maximum Gasteiger partial charge on any atom is 0.0803 e. The Balaban J connectivity index is 5.64. The molecule has 0 aliphatic carbocycles. The first-order valence-corrected chi connectivity index (χ1v) is 3.25. The molecule has 0 heterocycles. The maximum atomic E-state index is 9.50. The van der Waals surface area contributed by atoms with Crippen LogP contribution in [0.2, 0.25) is 0 Å². The normalized spacial score (nSPS) is 24.7. The quantitative estimate of drug-likeness (QED) is 0.644. The number of hydrogen-bond donors (Lipinski definition) is 1. The van der Waals surface area contributed by atoms with E-state index in [2.05, 4.69) is 0 Å². The Kier molecular flexibility index (Phi) is 1.24. The average Bonchev–Trinajstić information content (AvgIpc) is 1.97. The summed E-state index contributed by atoms with van der Waals surface area (Å²) in [6, 6.07) is 0. The molecular weight excluding hydrogens is 140 g/mol. The Morgan fingerprint density at radius 1 is 1.36 bits per heavy atom. The van der Waals surface area contributed by atoms with Gasteiger partial charge in [0.15, 0.2) is 0 Å².